The maximum atomic E-state index is 11.4. The van der Waals surface area contributed by atoms with Crippen LogP contribution in [0, 0.1) is 5.92 Å². The fraction of sp³-hybridized carbons (Fsp3) is 0.900. The first kappa shape index (κ1) is 9.77. The number of amides is 1. The van der Waals surface area contributed by atoms with Gasteiger partial charge in [-0.3, -0.25) is 0 Å². The van der Waals surface area contributed by atoms with E-state index in [4.69, 9.17) is 4.74 Å². The van der Waals surface area contributed by atoms with E-state index in [2.05, 4.69) is 10.6 Å². The van der Waals surface area contributed by atoms with Crippen LogP contribution < -0.4 is 10.6 Å². The molecular weight excluding hydrogens is 180 g/mol. The summed E-state index contributed by atoms with van der Waals surface area (Å²) in [6.07, 6.45) is 0.904. The number of ether oxygens (including phenoxy) is 1. The number of hydrogen-bond acceptors (Lipinski definition) is 3. The second kappa shape index (κ2) is 3.12. The number of hydrogen-bond donors (Lipinski definition) is 2. The molecule has 2 saturated heterocycles. The predicted octanol–water partition coefficient (Wildman–Crippen LogP) is 0.871. The Hall–Kier alpha value is -0.770. The molecule has 3 unspecified atom stereocenters. The Kier molecular flexibility index (Phi) is 2.18. The highest BCUT2D eigenvalue weighted by Gasteiger charge is 2.47. The molecule has 14 heavy (non-hydrogen) atoms. The van der Waals surface area contributed by atoms with Crippen molar-refractivity contribution in [3.05, 3.63) is 0 Å². The highest BCUT2D eigenvalue weighted by molar-refractivity contribution is 5.68. The lowest BCUT2D eigenvalue weighted by atomic mass is 9.80. The van der Waals surface area contributed by atoms with Gasteiger partial charge in [0.05, 0.1) is 6.04 Å². The molecule has 1 saturated carbocycles. The number of rotatable bonds is 1. The molecule has 1 aliphatic carbocycles. The molecule has 0 spiro atoms. The summed E-state index contributed by atoms with van der Waals surface area (Å²) in [4.78, 5) is 11.4. The minimum absolute atomic E-state index is 0.291. The normalized spacial score (nSPS) is 34.9. The molecular formula is C10H18N2O2. The van der Waals surface area contributed by atoms with E-state index in [1.54, 1.807) is 0 Å². The fourth-order valence-corrected chi connectivity index (χ4v) is 2.14. The van der Waals surface area contributed by atoms with Crippen molar-refractivity contribution in [1.82, 2.24) is 10.6 Å². The zero-order valence-electron chi connectivity index (χ0n) is 8.96. The Balaban J connectivity index is 1.78. The Bertz CT molecular complexity index is 233. The van der Waals surface area contributed by atoms with Crippen molar-refractivity contribution in [3.63, 3.8) is 0 Å². The second-order valence-corrected chi connectivity index (χ2v) is 5.18. The fourth-order valence-electron chi connectivity index (χ4n) is 2.14. The third-order valence-electron chi connectivity index (χ3n) is 2.82. The lowest BCUT2D eigenvalue weighted by Gasteiger charge is -2.35. The van der Waals surface area contributed by atoms with Gasteiger partial charge in [-0.25, -0.2) is 4.79 Å². The second-order valence-electron chi connectivity index (χ2n) is 5.18. The summed E-state index contributed by atoms with van der Waals surface area (Å²) >= 11 is 0. The molecule has 2 bridgehead atoms. The standard InChI is InChI=1S/C10H18N2O2/c1-10(2,3)14-9(13)12-8-6-4-7(8)11-5-6/h6-8,11H,4-5H2,1-3H3,(H,12,13). The highest BCUT2D eigenvalue weighted by Crippen LogP contribution is 2.33. The third kappa shape index (κ3) is 1.85. The van der Waals surface area contributed by atoms with Gasteiger partial charge in [0.2, 0.25) is 0 Å². The van der Waals surface area contributed by atoms with Crippen molar-refractivity contribution in [2.24, 2.45) is 5.92 Å². The van der Waals surface area contributed by atoms with E-state index in [0.717, 1.165) is 6.54 Å². The molecule has 3 aliphatic rings. The smallest absolute Gasteiger partial charge is 0.407 e. The Morgan fingerprint density at radius 2 is 2.21 bits per heavy atom. The van der Waals surface area contributed by atoms with Crippen molar-refractivity contribution >= 4 is 6.09 Å². The molecule has 0 radical (unpaired) electrons. The molecule has 1 amide bonds. The number of alkyl carbamates (subject to hydrolysis) is 1. The third-order valence-corrected chi connectivity index (χ3v) is 2.82. The van der Waals surface area contributed by atoms with Crippen LogP contribution in [0.15, 0.2) is 0 Å². The van der Waals surface area contributed by atoms with Crippen LogP contribution in [0.3, 0.4) is 0 Å². The minimum Gasteiger partial charge on any atom is -0.444 e. The molecule has 0 aromatic carbocycles. The largest absolute Gasteiger partial charge is 0.444 e. The van der Waals surface area contributed by atoms with Crippen LogP contribution in [-0.4, -0.2) is 30.3 Å². The van der Waals surface area contributed by atoms with Gasteiger partial charge >= 0.3 is 6.09 Å². The van der Waals surface area contributed by atoms with Gasteiger partial charge in [-0.1, -0.05) is 0 Å². The molecule has 3 rings (SSSR count). The lowest BCUT2D eigenvalue weighted by Crippen LogP contribution is -2.54. The van der Waals surface area contributed by atoms with Crippen LogP contribution in [0.25, 0.3) is 0 Å². The van der Waals surface area contributed by atoms with Crippen LogP contribution >= 0.6 is 0 Å². The molecule has 3 fully saturated rings. The topological polar surface area (TPSA) is 50.4 Å². The van der Waals surface area contributed by atoms with Gasteiger partial charge in [0.1, 0.15) is 5.60 Å². The maximum Gasteiger partial charge on any atom is 0.407 e. The van der Waals surface area contributed by atoms with Gasteiger partial charge < -0.3 is 15.4 Å². The van der Waals surface area contributed by atoms with E-state index in [0.29, 0.717) is 18.0 Å². The lowest BCUT2D eigenvalue weighted by molar-refractivity contribution is 0.0452. The molecule has 2 aliphatic heterocycles. The van der Waals surface area contributed by atoms with Crippen molar-refractivity contribution in [2.45, 2.75) is 44.9 Å². The molecule has 2 heterocycles. The van der Waals surface area contributed by atoms with Gasteiger partial charge in [-0.2, -0.15) is 0 Å². The summed E-state index contributed by atoms with van der Waals surface area (Å²) in [6.45, 7) is 6.66. The van der Waals surface area contributed by atoms with Crippen molar-refractivity contribution in [3.8, 4) is 0 Å². The van der Waals surface area contributed by atoms with E-state index in [1.807, 2.05) is 20.8 Å². The molecule has 4 heteroatoms. The van der Waals surface area contributed by atoms with Gasteiger partial charge in [0.25, 0.3) is 0 Å². The Labute approximate surface area is 84.4 Å². The van der Waals surface area contributed by atoms with Crippen molar-refractivity contribution in [1.29, 1.82) is 0 Å². The average molecular weight is 198 g/mol. The maximum absolute atomic E-state index is 11.4. The quantitative estimate of drug-likeness (QED) is 0.657. The van der Waals surface area contributed by atoms with Crippen LogP contribution in [0.1, 0.15) is 27.2 Å². The van der Waals surface area contributed by atoms with Crippen LogP contribution in [-0.2, 0) is 4.74 Å². The Morgan fingerprint density at radius 1 is 1.50 bits per heavy atom. The molecule has 3 atom stereocenters. The number of fused-ring (bicyclic) bond motifs is 1. The molecule has 0 aromatic rings. The predicted molar refractivity (Wildman–Crippen MR) is 53.1 cm³/mol. The van der Waals surface area contributed by atoms with E-state index in [-0.39, 0.29) is 6.09 Å². The van der Waals surface area contributed by atoms with E-state index >= 15 is 0 Å². The highest BCUT2D eigenvalue weighted by atomic mass is 16.6. The van der Waals surface area contributed by atoms with E-state index < -0.39 is 5.60 Å². The number of nitrogens with one attached hydrogen (secondary N) is 2. The van der Waals surface area contributed by atoms with Gasteiger partial charge in [-0.05, 0) is 33.1 Å². The Morgan fingerprint density at radius 3 is 2.64 bits per heavy atom. The van der Waals surface area contributed by atoms with Gasteiger partial charge in [-0.15, -0.1) is 0 Å². The van der Waals surface area contributed by atoms with Crippen LogP contribution in [0.4, 0.5) is 4.79 Å². The summed E-state index contributed by atoms with van der Waals surface area (Å²) in [5.74, 6) is 0.618. The summed E-state index contributed by atoms with van der Waals surface area (Å²) in [6, 6.07) is 0.775. The monoisotopic (exact) mass is 198 g/mol. The van der Waals surface area contributed by atoms with Gasteiger partial charge in [0, 0.05) is 12.6 Å². The number of carbonyl (C=O) groups excluding carboxylic acids is 1. The zero-order valence-corrected chi connectivity index (χ0v) is 8.96. The minimum atomic E-state index is -0.402. The summed E-state index contributed by atoms with van der Waals surface area (Å²) in [5.41, 5.74) is -0.402. The molecule has 2 N–H and O–H groups in total. The van der Waals surface area contributed by atoms with Crippen molar-refractivity contribution < 1.29 is 9.53 Å². The average Bonchev–Trinajstić information content (AvgIpc) is 2.55. The SMILES string of the molecule is CC(C)(C)OC(=O)NC1C2CNC1C2. The molecule has 80 valence electrons. The summed E-state index contributed by atoms with van der Waals surface area (Å²) in [7, 11) is 0. The summed E-state index contributed by atoms with van der Waals surface area (Å²) < 4.78 is 5.19. The first-order valence-corrected chi connectivity index (χ1v) is 5.18. The first-order valence-electron chi connectivity index (χ1n) is 5.18. The molecule has 0 aromatic heterocycles. The van der Waals surface area contributed by atoms with E-state index in [9.17, 15) is 4.79 Å². The van der Waals surface area contributed by atoms with Crippen molar-refractivity contribution in [2.75, 3.05) is 6.54 Å². The first-order chi connectivity index (χ1) is 6.46. The van der Waals surface area contributed by atoms with E-state index in [1.165, 1.54) is 6.42 Å². The number of carbonyl (C=O) groups is 1. The summed E-state index contributed by atoms with van der Waals surface area (Å²) in [5, 5.41) is 6.25. The zero-order chi connectivity index (χ0) is 10.3. The van der Waals surface area contributed by atoms with Crippen LogP contribution in [0.2, 0.25) is 0 Å². The van der Waals surface area contributed by atoms with Gasteiger partial charge in [0.15, 0.2) is 0 Å². The molecule has 4 nitrogen and oxygen atoms in total. The van der Waals surface area contributed by atoms with Crippen LogP contribution in [0.5, 0.6) is 0 Å².